The van der Waals surface area contributed by atoms with Crippen molar-refractivity contribution in [3.63, 3.8) is 0 Å². The van der Waals surface area contributed by atoms with Gasteiger partial charge < -0.3 is 15.8 Å². The number of nitrogens with one attached hydrogen (secondary N) is 1. The molecule has 0 aliphatic rings. The molecule has 0 fully saturated rings. The average Bonchev–Trinajstić information content (AvgIpc) is 2.69. The summed E-state index contributed by atoms with van der Waals surface area (Å²) in [5.41, 5.74) is 5.93. The second-order valence-corrected chi connectivity index (χ2v) is 3.62. The number of carbonyl (C=O) groups is 1. The lowest BCUT2D eigenvalue weighted by molar-refractivity contribution is 0.102. The van der Waals surface area contributed by atoms with Crippen LogP contribution in [-0.2, 0) is 7.05 Å². The van der Waals surface area contributed by atoms with Crippen molar-refractivity contribution < 1.29 is 9.53 Å². The fourth-order valence-corrected chi connectivity index (χ4v) is 1.48. The Morgan fingerprint density at radius 2 is 2.28 bits per heavy atom. The van der Waals surface area contributed by atoms with Crippen molar-refractivity contribution in [2.75, 3.05) is 18.2 Å². The van der Waals surface area contributed by atoms with Crippen LogP contribution in [0.4, 0.5) is 11.6 Å². The molecule has 0 bridgehead atoms. The van der Waals surface area contributed by atoms with Gasteiger partial charge >= 0.3 is 0 Å². The first kappa shape index (κ1) is 11.9. The molecule has 18 heavy (non-hydrogen) atoms. The number of hydrogen-bond donors (Lipinski definition) is 2. The molecule has 3 N–H and O–H groups in total. The molecule has 0 aliphatic carbocycles. The number of nitrogens with two attached hydrogens (primary N) is 1. The second-order valence-electron chi connectivity index (χ2n) is 3.62. The molecule has 0 aliphatic heterocycles. The number of carbonyl (C=O) groups excluding carboxylic acids is 1. The maximum absolute atomic E-state index is 11.9. The van der Waals surface area contributed by atoms with E-state index in [1.807, 2.05) is 0 Å². The minimum Gasteiger partial charge on any atom is -0.481 e. The lowest BCUT2D eigenvalue weighted by Gasteiger charge is -2.01. The number of aromatic nitrogens is 3. The van der Waals surface area contributed by atoms with E-state index in [9.17, 15) is 4.79 Å². The van der Waals surface area contributed by atoms with Crippen molar-refractivity contribution in [1.82, 2.24) is 14.8 Å². The summed E-state index contributed by atoms with van der Waals surface area (Å²) in [5.74, 6) is 0.959. The van der Waals surface area contributed by atoms with Gasteiger partial charge in [0.25, 0.3) is 5.91 Å². The number of aryl methyl sites for hydroxylation is 1. The number of methoxy groups -OCH3 is 1. The predicted octanol–water partition coefficient (Wildman–Crippen LogP) is 0.658. The third-order valence-electron chi connectivity index (χ3n) is 2.33. The number of nitrogen functional groups attached to an aromatic ring is 1. The molecule has 0 saturated heterocycles. The smallest absolute Gasteiger partial charge is 0.257 e. The Hall–Kier alpha value is -2.57. The number of nitrogens with zero attached hydrogens (tertiary/aromatic N) is 3. The van der Waals surface area contributed by atoms with Crippen molar-refractivity contribution in [1.29, 1.82) is 0 Å². The van der Waals surface area contributed by atoms with Crippen LogP contribution in [0.5, 0.6) is 5.88 Å². The topological polar surface area (TPSA) is 95.1 Å². The first-order valence-corrected chi connectivity index (χ1v) is 5.21. The summed E-state index contributed by atoms with van der Waals surface area (Å²) < 4.78 is 6.58. The van der Waals surface area contributed by atoms with E-state index in [4.69, 9.17) is 10.5 Å². The molecule has 0 unspecified atom stereocenters. The molecular weight excluding hydrogens is 234 g/mol. The molecule has 2 rings (SSSR count). The Labute approximate surface area is 104 Å². The zero-order chi connectivity index (χ0) is 13.1. The number of hydrogen-bond acceptors (Lipinski definition) is 5. The predicted molar refractivity (Wildman–Crippen MR) is 66.4 cm³/mol. The number of pyridine rings is 1. The summed E-state index contributed by atoms with van der Waals surface area (Å²) in [4.78, 5) is 15.7. The number of anilines is 2. The van der Waals surface area contributed by atoms with Gasteiger partial charge in [0.2, 0.25) is 5.88 Å². The summed E-state index contributed by atoms with van der Waals surface area (Å²) in [6, 6.07) is 4.70. The quantitative estimate of drug-likeness (QED) is 0.830. The molecule has 94 valence electrons. The Kier molecular flexibility index (Phi) is 3.13. The molecule has 0 saturated carbocycles. The number of ether oxygens (including phenoxy) is 1. The van der Waals surface area contributed by atoms with Crippen LogP contribution in [0.3, 0.4) is 0 Å². The molecule has 0 atom stereocenters. The summed E-state index contributed by atoms with van der Waals surface area (Å²) in [7, 11) is 3.26. The summed E-state index contributed by atoms with van der Waals surface area (Å²) >= 11 is 0. The minimum absolute atomic E-state index is 0.293. The standard InChI is InChI=1S/C11H13N5O2/c1-16-10(18-2)6-9(15-16)14-11(17)7-3-4-13-8(12)5-7/h3-6H,1-2H3,(H2,12,13)(H,14,15,17). The lowest BCUT2D eigenvalue weighted by atomic mass is 10.2. The van der Waals surface area contributed by atoms with Gasteiger partial charge in [-0.1, -0.05) is 0 Å². The molecule has 2 heterocycles. The first-order chi connectivity index (χ1) is 8.60. The van der Waals surface area contributed by atoms with E-state index in [2.05, 4.69) is 15.4 Å². The van der Waals surface area contributed by atoms with Crippen LogP contribution in [0.1, 0.15) is 10.4 Å². The summed E-state index contributed by atoms with van der Waals surface area (Å²) in [6.07, 6.45) is 1.48. The molecule has 7 nitrogen and oxygen atoms in total. The SMILES string of the molecule is COc1cc(NC(=O)c2ccnc(N)c2)nn1C. The third kappa shape index (κ3) is 2.40. The van der Waals surface area contributed by atoms with Crippen molar-refractivity contribution in [3.05, 3.63) is 30.0 Å². The molecule has 2 aromatic rings. The molecule has 2 aromatic heterocycles. The molecule has 0 radical (unpaired) electrons. The Morgan fingerprint density at radius 3 is 2.89 bits per heavy atom. The van der Waals surface area contributed by atoms with Gasteiger partial charge in [-0.25, -0.2) is 9.67 Å². The third-order valence-corrected chi connectivity index (χ3v) is 2.33. The van der Waals surface area contributed by atoms with E-state index in [1.54, 1.807) is 19.2 Å². The molecule has 0 aromatic carbocycles. The van der Waals surface area contributed by atoms with Crippen molar-refractivity contribution in [2.45, 2.75) is 0 Å². The van der Waals surface area contributed by atoms with Gasteiger partial charge in [-0.15, -0.1) is 0 Å². The zero-order valence-electron chi connectivity index (χ0n) is 10.0. The van der Waals surface area contributed by atoms with E-state index in [0.717, 1.165) is 0 Å². The first-order valence-electron chi connectivity index (χ1n) is 5.21. The van der Waals surface area contributed by atoms with Gasteiger partial charge in [-0.05, 0) is 12.1 Å². The minimum atomic E-state index is -0.301. The van der Waals surface area contributed by atoms with E-state index < -0.39 is 0 Å². The van der Waals surface area contributed by atoms with Crippen LogP contribution in [-0.4, -0.2) is 27.8 Å². The molecule has 0 spiro atoms. The maximum Gasteiger partial charge on any atom is 0.257 e. The maximum atomic E-state index is 11.9. The fraction of sp³-hybridized carbons (Fsp3) is 0.182. The van der Waals surface area contributed by atoms with Crippen LogP contribution in [0.25, 0.3) is 0 Å². The van der Waals surface area contributed by atoms with E-state index in [1.165, 1.54) is 24.1 Å². The Bertz CT molecular complexity index is 579. The van der Waals surface area contributed by atoms with Crippen LogP contribution in [0.2, 0.25) is 0 Å². The van der Waals surface area contributed by atoms with Gasteiger partial charge in [-0.2, -0.15) is 5.10 Å². The van der Waals surface area contributed by atoms with Crippen molar-refractivity contribution >= 4 is 17.5 Å². The van der Waals surface area contributed by atoms with Gasteiger partial charge in [0, 0.05) is 24.9 Å². The van der Waals surface area contributed by atoms with Crippen LogP contribution in [0, 0.1) is 0 Å². The van der Waals surface area contributed by atoms with Gasteiger partial charge in [0.15, 0.2) is 5.82 Å². The van der Waals surface area contributed by atoms with E-state index >= 15 is 0 Å². The fourth-order valence-electron chi connectivity index (χ4n) is 1.48. The van der Waals surface area contributed by atoms with E-state index in [-0.39, 0.29) is 5.91 Å². The van der Waals surface area contributed by atoms with Crippen LogP contribution >= 0.6 is 0 Å². The number of amides is 1. The van der Waals surface area contributed by atoms with Crippen LogP contribution < -0.4 is 15.8 Å². The van der Waals surface area contributed by atoms with Gasteiger partial charge in [-0.3, -0.25) is 4.79 Å². The second kappa shape index (κ2) is 4.74. The highest BCUT2D eigenvalue weighted by molar-refractivity contribution is 6.04. The van der Waals surface area contributed by atoms with Crippen molar-refractivity contribution in [3.8, 4) is 5.88 Å². The Morgan fingerprint density at radius 1 is 1.50 bits per heavy atom. The summed E-state index contributed by atoms with van der Waals surface area (Å²) in [5, 5.41) is 6.73. The highest BCUT2D eigenvalue weighted by Gasteiger charge is 2.10. The Balaban J connectivity index is 2.16. The number of rotatable bonds is 3. The van der Waals surface area contributed by atoms with Crippen molar-refractivity contribution in [2.24, 2.45) is 7.05 Å². The van der Waals surface area contributed by atoms with Gasteiger partial charge in [0.1, 0.15) is 5.82 Å². The normalized spacial score (nSPS) is 10.1. The largest absolute Gasteiger partial charge is 0.481 e. The van der Waals surface area contributed by atoms with E-state index in [0.29, 0.717) is 23.1 Å². The van der Waals surface area contributed by atoms with Crippen LogP contribution in [0.15, 0.2) is 24.4 Å². The monoisotopic (exact) mass is 247 g/mol. The highest BCUT2D eigenvalue weighted by atomic mass is 16.5. The zero-order valence-corrected chi connectivity index (χ0v) is 10.0. The molecular formula is C11H13N5O2. The summed E-state index contributed by atoms with van der Waals surface area (Å²) in [6.45, 7) is 0. The van der Waals surface area contributed by atoms with Gasteiger partial charge in [0.05, 0.1) is 7.11 Å². The molecule has 7 heteroatoms. The average molecular weight is 247 g/mol. The lowest BCUT2D eigenvalue weighted by Crippen LogP contribution is -2.13. The highest BCUT2D eigenvalue weighted by Crippen LogP contribution is 2.16. The molecule has 1 amide bonds.